The van der Waals surface area contributed by atoms with Gasteiger partial charge in [0.05, 0.1) is 12.4 Å². The molecule has 1 aliphatic rings. The first-order valence-corrected chi connectivity index (χ1v) is 7.06. The lowest BCUT2D eigenvalue weighted by molar-refractivity contribution is -0.121. The van der Waals surface area contributed by atoms with Crippen molar-refractivity contribution < 1.29 is 18.5 Å². The van der Waals surface area contributed by atoms with E-state index in [0.29, 0.717) is 36.9 Å². The van der Waals surface area contributed by atoms with E-state index < -0.39 is 0 Å². The van der Waals surface area contributed by atoms with Crippen LogP contribution in [0.4, 0.5) is 0 Å². The molecule has 0 saturated carbocycles. The third kappa shape index (κ3) is 3.69. The Kier molecular flexibility index (Phi) is 4.30. The lowest BCUT2D eigenvalue weighted by atomic mass is 10.2. The molecule has 0 spiro atoms. The van der Waals surface area contributed by atoms with Crippen LogP contribution in [0.2, 0.25) is 0 Å². The van der Waals surface area contributed by atoms with Gasteiger partial charge in [-0.25, -0.2) is 0 Å². The molecule has 1 fully saturated rings. The van der Waals surface area contributed by atoms with E-state index in [4.69, 9.17) is 13.7 Å². The third-order valence-electron chi connectivity index (χ3n) is 3.33. The summed E-state index contributed by atoms with van der Waals surface area (Å²) >= 11 is 0. The largest absolute Gasteiger partial charge is 0.461 e. The number of nitrogens with zero attached hydrogens (tertiary/aromatic N) is 2. The summed E-state index contributed by atoms with van der Waals surface area (Å²) in [7, 11) is 0. The Hall–Kier alpha value is -2.15. The number of ether oxygens (including phenoxy) is 1. The number of nitrogens with one attached hydrogen (secondary N) is 1. The van der Waals surface area contributed by atoms with Crippen LogP contribution in [0.1, 0.15) is 25.2 Å². The van der Waals surface area contributed by atoms with Gasteiger partial charge in [0.15, 0.2) is 5.76 Å². The van der Waals surface area contributed by atoms with Crippen LogP contribution in [-0.2, 0) is 16.0 Å². The van der Waals surface area contributed by atoms with E-state index in [9.17, 15) is 4.79 Å². The second-order valence-electron chi connectivity index (χ2n) is 4.93. The smallest absolute Gasteiger partial charge is 0.238 e. The Bertz CT molecular complexity index is 573. The van der Waals surface area contributed by atoms with Gasteiger partial charge in [0.25, 0.3) is 0 Å². The van der Waals surface area contributed by atoms with E-state index in [-0.39, 0.29) is 12.0 Å². The zero-order valence-corrected chi connectivity index (χ0v) is 11.6. The fourth-order valence-electron chi connectivity index (χ4n) is 2.20. The zero-order valence-electron chi connectivity index (χ0n) is 11.6. The van der Waals surface area contributed by atoms with Crippen LogP contribution in [0.3, 0.4) is 0 Å². The SMILES string of the molecule is O=C(CCc1nc(-c2ccco2)no1)NCC1CCCO1. The molecule has 0 aliphatic carbocycles. The van der Waals surface area contributed by atoms with Gasteiger partial charge >= 0.3 is 0 Å². The molecule has 3 heterocycles. The minimum Gasteiger partial charge on any atom is -0.461 e. The van der Waals surface area contributed by atoms with Gasteiger partial charge in [0, 0.05) is 26.0 Å². The predicted molar refractivity (Wildman–Crippen MR) is 72.3 cm³/mol. The van der Waals surface area contributed by atoms with Crippen LogP contribution in [0.15, 0.2) is 27.3 Å². The van der Waals surface area contributed by atoms with Crippen molar-refractivity contribution in [3.8, 4) is 11.6 Å². The molecule has 1 unspecified atom stereocenters. The van der Waals surface area contributed by atoms with Gasteiger partial charge in [-0.1, -0.05) is 5.16 Å². The highest BCUT2D eigenvalue weighted by Crippen LogP contribution is 2.16. The van der Waals surface area contributed by atoms with E-state index in [2.05, 4.69) is 15.5 Å². The summed E-state index contributed by atoms with van der Waals surface area (Å²) in [4.78, 5) is 15.9. The molecule has 2 aromatic rings. The maximum Gasteiger partial charge on any atom is 0.238 e. The second-order valence-corrected chi connectivity index (χ2v) is 4.93. The number of hydrogen-bond acceptors (Lipinski definition) is 6. The van der Waals surface area contributed by atoms with Crippen molar-refractivity contribution in [3.63, 3.8) is 0 Å². The number of aromatic nitrogens is 2. The van der Waals surface area contributed by atoms with Crippen LogP contribution >= 0.6 is 0 Å². The number of aryl methyl sites for hydroxylation is 1. The summed E-state index contributed by atoms with van der Waals surface area (Å²) in [5.74, 6) is 1.33. The van der Waals surface area contributed by atoms with E-state index in [1.165, 1.54) is 0 Å². The predicted octanol–water partition coefficient (Wildman–Crippen LogP) is 1.56. The normalized spacial score (nSPS) is 18.0. The van der Waals surface area contributed by atoms with Crippen molar-refractivity contribution in [1.82, 2.24) is 15.5 Å². The summed E-state index contributed by atoms with van der Waals surface area (Å²) in [6, 6.07) is 3.51. The number of amides is 1. The summed E-state index contributed by atoms with van der Waals surface area (Å²) in [6.45, 7) is 1.36. The number of hydrogen-bond donors (Lipinski definition) is 1. The first-order chi connectivity index (χ1) is 10.3. The fraction of sp³-hybridized carbons (Fsp3) is 0.500. The fourth-order valence-corrected chi connectivity index (χ4v) is 2.20. The van der Waals surface area contributed by atoms with E-state index in [0.717, 1.165) is 19.4 Å². The van der Waals surface area contributed by atoms with Gasteiger partial charge < -0.3 is 19.0 Å². The summed E-state index contributed by atoms with van der Waals surface area (Å²) < 4.78 is 15.7. The highest BCUT2D eigenvalue weighted by Gasteiger charge is 2.17. The van der Waals surface area contributed by atoms with E-state index in [1.807, 2.05) is 0 Å². The number of carbonyl (C=O) groups is 1. The highest BCUT2D eigenvalue weighted by atomic mass is 16.5. The maximum atomic E-state index is 11.7. The minimum atomic E-state index is -0.0387. The molecule has 1 saturated heterocycles. The molecule has 1 N–H and O–H groups in total. The quantitative estimate of drug-likeness (QED) is 0.868. The van der Waals surface area contributed by atoms with Gasteiger partial charge in [0.2, 0.25) is 17.6 Å². The van der Waals surface area contributed by atoms with Gasteiger partial charge in [-0.2, -0.15) is 4.98 Å². The first-order valence-electron chi connectivity index (χ1n) is 7.06. The Balaban J connectivity index is 1.43. The van der Waals surface area contributed by atoms with Gasteiger partial charge in [-0.05, 0) is 25.0 Å². The van der Waals surface area contributed by atoms with Crippen LogP contribution in [-0.4, -0.2) is 35.3 Å². The lowest BCUT2D eigenvalue weighted by Gasteiger charge is -2.09. The Labute approximate surface area is 121 Å². The molecule has 0 aromatic carbocycles. The van der Waals surface area contributed by atoms with Crippen molar-refractivity contribution in [2.45, 2.75) is 31.8 Å². The summed E-state index contributed by atoms with van der Waals surface area (Å²) in [6.07, 6.45) is 4.50. The molecule has 0 bridgehead atoms. The molecule has 7 nitrogen and oxygen atoms in total. The van der Waals surface area contributed by atoms with Crippen molar-refractivity contribution in [1.29, 1.82) is 0 Å². The molecule has 2 aromatic heterocycles. The average molecular weight is 291 g/mol. The van der Waals surface area contributed by atoms with Crippen LogP contribution < -0.4 is 5.32 Å². The Morgan fingerprint density at radius 3 is 3.19 bits per heavy atom. The molecular formula is C14H17N3O4. The van der Waals surface area contributed by atoms with Crippen molar-refractivity contribution in [3.05, 3.63) is 24.3 Å². The van der Waals surface area contributed by atoms with Crippen molar-refractivity contribution in [2.75, 3.05) is 13.2 Å². The highest BCUT2D eigenvalue weighted by molar-refractivity contribution is 5.76. The lowest BCUT2D eigenvalue weighted by Crippen LogP contribution is -2.31. The van der Waals surface area contributed by atoms with Crippen molar-refractivity contribution >= 4 is 5.91 Å². The molecule has 7 heteroatoms. The maximum absolute atomic E-state index is 11.7. The van der Waals surface area contributed by atoms with Crippen molar-refractivity contribution in [2.24, 2.45) is 0 Å². The van der Waals surface area contributed by atoms with Gasteiger partial charge in [-0.3, -0.25) is 4.79 Å². The number of rotatable bonds is 6. The third-order valence-corrected chi connectivity index (χ3v) is 3.33. The monoisotopic (exact) mass is 291 g/mol. The Morgan fingerprint density at radius 2 is 2.43 bits per heavy atom. The zero-order chi connectivity index (χ0) is 14.5. The molecule has 1 atom stereocenters. The van der Waals surface area contributed by atoms with Crippen LogP contribution in [0.25, 0.3) is 11.6 Å². The topological polar surface area (TPSA) is 90.4 Å². The Morgan fingerprint density at radius 1 is 1.48 bits per heavy atom. The molecule has 1 amide bonds. The molecular weight excluding hydrogens is 274 g/mol. The molecule has 21 heavy (non-hydrogen) atoms. The molecule has 112 valence electrons. The standard InChI is InChI=1S/C14H17N3O4/c18-12(15-9-10-3-1-7-19-10)5-6-13-16-14(17-21-13)11-4-2-8-20-11/h2,4,8,10H,1,3,5-7,9H2,(H,15,18). The van der Waals surface area contributed by atoms with E-state index in [1.54, 1.807) is 18.4 Å². The molecule has 1 aliphatic heterocycles. The first kappa shape index (κ1) is 13.8. The van der Waals surface area contributed by atoms with E-state index >= 15 is 0 Å². The number of carbonyl (C=O) groups excluding carboxylic acids is 1. The minimum absolute atomic E-state index is 0.0387. The molecule has 3 rings (SSSR count). The summed E-state index contributed by atoms with van der Waals surface area (Å²) in [5, 5.41) is 6.67. The summed E-state index contributed by atoms with van der Waals surface area (Å²) in [5.41, 5.74) is 0. The van der Waals surface area contributed by atoms with Gasteiger partial charge in [-0.15, -0.1) is 0 Å². The number of furan rings is 1. The second kappa shape index (κ2) is 6.53. The van der Waals surface area contributed by atoms with Crippen LogP contribution in [0.5, 0.6) is 0 Å². The van der Waals surface area contributed by atoms with Crippen LogP contribution in [0, 0.1) is 0 Å². The van der Waals surface area contributed by atoms with Gasteiger partial charge in [0.1, 0.15) is 0 Å². The average Bonchev–Trinajstić information content (AvgIpc) is 3.24. The molecule has 0 radical (unpaired) electrons.